The Kier molecular flexibility index (Phi) is 4.46. The summed E-state index contributed by atoms with van der Waals surface area (Å²) in [5, 5.41) is 8.57. The van der Waals surface area contributed by atoms with Gasteiger partial charge >= 0.3 is 6.16 Å². The molecular formula is C18H17NO5. The molecule has 3 rings (SSSR count). The number of carbonyl (C=O) groups excluding carboxylic acids is 1. The lowest BCUT2D eigenvalue weighted by molar-refractivity contribution is 0.0921. The molecule has 1 aromatic heterocycles. The van der Waals surface area contributed by atoms with Crippen LogP contribution in [0.5, 0.6) is 0 Å². The van der Waals surface area contributed by atoms with E-state index in [-0.39, 0.29) is 24.4 Å². The number of ether oxygens (including phenoxy) is 1. The van der Waals surface area contributed by atoms with Crippen molar-refractivity contribution in [1.29, 1.82) is 0 Å². The van der Waals surface area contributed by atoms with Crippen molar-refractivity contribution in [1.82, 2.24) is 4.57 Å². The van der Waals surface area contributed by atoms with Gasteiger partial charge in [0.15, 0.2) is 5.78 Å². The number of aromatic nitrogens is 1. The lowest BCUT2D eigenvalue weighted by Gasteiger charge is -2.21. The van der Waals surface area contributed by atoms with Gasteiger partial charge in [0.25, 0.3) is 5.56 Å². The fourth-order valence-corrected chi connectivity index (χ4v) is 3.02. The number of Topliss-reactive ketones (excluding diaryl/α,β-unsaturated/α-hetero) is 1. The fraction of sp³-hybridized carbons (Fsp3) is 0.278. The van der Waals surface area contributed by atoms with Crippen LogP contribution >= 0.6 is 0 Å². The van der Waals surface area contributed by atoms with E-state index in [1.165, 1.54) is 0 Å². The van der Waals surface area contributed by atoms with Crippen molar-refractivity contribution in [2.45, 2.75) is 25.7 Å². The number of hydrogen-bond donors (Lipinski definition) is 1. The van der Waals surface area contributed by atoms with Crippen LogP contribution in [0, 0.1) is 0 Å². The maximum absolute atomic E-state index is 12.9. The Morgan fingerprint density at radius 1 is 1.17 bits per heavy atom. The first kappa shape index (κ1) is 16.0. The standard InChI is InChI=1S/C18H17NO5/c20-16-8-4-7-15-14(16)11-12(9-10-24-18(22)23)17(21)19(15)13-5-2-1-3-6-13/h1-3,5-6,11H,4,7-10H2,(H,22,23). The van der Waals surface area contributed by atoms with Crippen LogP contribution in [0.25, 0.3) is 5.69 Å². The molecule has 1 heterocycles. The van der Waals surface area contributed by atoms with Crippen LogP contribution in [-0.4, -0.2) is 28.2 Å². The molecule has 6 heteroatoms. The minimum atomic E-state index is -1.38. The molecule has 2 aromatic rings. The van der Waals surface area contributed by atoms with E-state index in [1.807, 2.05) is 30.3 Å². The van der Waals surface area contributed by atoms with Crippen LogP contribution in [0.15, 0.2) is 41.2 Å². The van der Waals surface area contributed by atoms with Crippen molar-refractivity contribution in [3.63, 3.8) is 0 Å². The Bertz CT molecular complexity index is 838. The number of nitrogens with zero attached hydrogens (tertiary/aromatic N) is 1. The summed E-state index contributed by atoms with van der Waals surface area (Å²) in [6.07, 6.45) is 0.604. The summed E-state index contributed by atoms with van der Waals surface area (Å²) >= 11 is 0. The number of ketones is 1. The number of rotatable bonds is 4. The number of benzene rings is 1. The summed E-state index contributed by atoms with van der Waals surface area (Å²) in [5.41, 5.74) is 2.13. The summed E-state index contributed by atoms with van der Waals surface area (Å²) < 4.78 is 6.07. The average molecular weight is 327 g/mol. The minimum Gasteiger partial charge on any atom is -0.450 e. The van der Waals surface area contributed by atoms with Crippen LogP contribution in [0.2, 0.25) is 0 Å². The number of pyridine rings is 1. The van der Waals surface area contributed by atoms with E-state index in [9.17, 15) is 14.4 Å². The third kappa shape index (κ3) is 3.08. The van der Waals surface area contributed by atoms with Gasteiger partial charge in [-0.15, -0.1) is 0 Å². The summed E-state index contributed by atoms with van der Waals surface area (Å²) in [6.45, 7) is -0.119. The molecule has 0 spiro atoms. The maximum atomic E-state index is 12.9. The molecule has 1 aliphatic rings. The van der Waals surface area contributed by atoms with Crippen LogP contribution < -0.4 is 5.56 Å². The number of carbonyl (C=O) groups is 2. The van der Waals surface area contributed by atoms with E-state index in [1.54, 1.807) is 10.6 Å². The summed E-state index contributed by atoms with van der Waals surface area (Å²) in [7, 11) is 0. The van der Waals surface area contributed by atoms with Gasteiger partial charge in [-0.25, -0.2) is 4.79 Å². The molecule has 1 aliphatic carbocycles. The maximum Gasteiger partial charge on any atom is 0.505 e. The quantitative estimate of drug-likeness (QED) is 0.872. The molecule has 0 unspecified atom stereocenters. The van der Waals surface area contributed by atoms with E-state index in [0.717, 1.165) is 12.1 Å². The van der Waals surface area contributed by atoms with Gasteiger partial charge in [0.05, 0.1) is 6.61 Å². The second-order valence-corrected chi connectivity index (χ2v) is 5.65. The third-order valence-electron chi connectivity index (χ3n) is 4.11. The van der Waals surface area contributed by atoms with Gasteiger partial charge in [0.1, 0.15) is 0 Å². The molecular weight excluding hydrogens is 310 g/mol. The second-order valence-electron chi connectivity index (χ2n) is 5.65. The number of fused-ring (bicyclic) bond motifs is 1. The van der Waals surface area contributed by atoms with Gasteiger partial charge in [0, 0.05) is 35.3 Å². The summed E-state index contributed by atoms with van der Waals surface area (Å²) in [4.78, 5) is 35.6. The van der Waals surface area contributed by atoms with Crippen LogP contribution in [0.1, 0.15) is 34.5 Å². The molecule has 24 heavy (non-hydrogen) atoms. The Morgan fingerprint density at radius 2 is 1.92 bits per heavy atom. The molecule has 0 saturated carbocycles. The van der Waals surface area contributed by atoms with Crippen molar-refractivity contribution in [2.75, 3.05) is 6.61 Å². The molecule has 6 nitrogen and oxygen atoms in total. The van der Waals surface area contributed by atoms with E-state index >= 15 is 0 Å². The number of carboxylic acid groups (broad SMARTS) is 1. The molecule has 0 atom stereocenters. The lowest BCUT2D eigenvalue weighted by Crippen LogP contribution is -2.30. The highest BCUT2D eigenvalue weighted by molar-refractivity contribution is 5.98. The predicted molar refractivity (Wildman–Crippen MR) is 87.0 cm³/mol. The highest BCUT2D eigenvalue weighted by atomic mass is 16.7. The first-order chi connectivity index (χ1) is 11.6. The molecule has 0 bridgehead atoms. The fourth-order valence-electron chi connectivity index (χ4n) is 3.02. The Labute approximate surface area is 138 Å². The zero-order chi connectivity index (χ0) is 17.1. The molecule has 1 aromatic carbocycles. The summed E-state index contributed by atoms with van der Waals surface area (Å²) in [5.74, 6) is 0.0151. The largest absolute Gasteiger partial charge is 0.505 e. The molecule has 0 saturated heterocycles. The number of para-hydroxylation sites is 1. The van der Waals surface area contributed by atoms with Gasteiger partial charge in [-0.3, -0.25) is 14.2 Å². The lowest BCUT2D eigenvalue weighted by atomic mass is 9.92. The van der Waals surface area contributed by atoms with Gasteiger partial charge in [0.2, 0.25) is 0 Å². The van der Waals surface area contributed by atoms with Gasteiger partial charge < -0.3 is 9.84 Å². The van der Waals surface area contributed by atoms with Crippen LogP contribution in [-0.2, 0) is 17.6 Å². The van der Waals surface area contributed by atoms with Crippen molar-refractivity contribution < 1.29 is 19.4 Å². The predicted octanol–water partition coefficient (Wildman–Crippen LogP) is 2.59. The molecule has 0 radical (unpaired) electrons. The van der Waals surface area contributed by atoms with Gasteiger partial charge in [-0.2, -0.15) is 0 Å². The minimum absolute atomic E-state index is 0.0151. The van der Waals surface area contributed by atoms with E-state index in [2.05, 4.69) is 4.74 Å². The second kappa shape index (κ2) is 6.70. The third-order valence-corrected chi connectivity index (χ3v) is 4.11. The smallest absolute Gasteiger partial charge is 0.450 e. The molecule has 0 fully saturated rings. The Morgan fingerprint density at radius 3 is 2.62 bits per heavy atom. The summed E-state index contributed by atoms with van der Waals surface area (Å²) in [6, 6.07) is 10.8. The molecule has 124 valence electrons. The van der Waals surface area contributed by atoms with E-state index in [0.29, 0.717) is 29.7 Å². The zero-order valence-electron chi connectivity index (χ0n) is 13.0. The molecule has 0 aliphatic heterocycles. The van der Waals surface area contributed by atoms with Crippen molar-refractivity contribution in [3.8, 4) is 5.69 Å². The first-order valence-electron chi connectivity index (χ1n) is 7.80. The van der Waals surface area contributed by atoms with Gasteiger partial charge in [-0.05, 0) is 31.0 Å². The number of hydrogen-bond acceptors (Lipinski definition) is 4. The van der Waals surface area contributed by atoms with Crippen molar-refractivity contribution in [3.05, 3.63) is 63.6 Å². The van der Waals surface area contributed by atoms with E-state index in [4.69, 9.17) is 5.11 Å². The van der Waals surface area contributed by atoms with Gasteiger partial charge in [-0.1, -0.05) is 18.2 Å². The average Bonchev–Trinajstić information content (AvgIpc) is 2.56. The highest BCUT2D eigenvalue weighted by Crippen LogP contribution is 2.23. The topological polar surface area (TPSA) is 85.6 Å². The van der Waals surface area contributed by atoms with Crippen molar-refractivity contribution in [2.24, 2.45) is 0 Å². The van der Waals surface area contributed by atoms with Crippen molar-refractivity contribution >= 4 is 11.9 Å². The molecule has 0 amide bonds. The van der Waals surface area contributed by atoms with Crippen LogP contribution in [0.3, 0.4) is 0 Å². The molecule has 1 N–H and O–H groups in total. The Hall–Kier alpha value is -2.89. The normalized spacial score (nSPS) is 13.4. The SMILES string of the molecule is O=C(O)OCCc1cc2c(n(-c3ccccc3)c1=O)CCCC2=O. The monoisotopic (exact) mass is 327 g/mol. The van der Waals surface area contributed by atoms with E-state index < -0.39 is 6.16 Å². The Balaban J connectivity index is 2.12. The highest BCUT2D eigenvalue weighted by Gasteiger charge is 2.23. The van der Waals surface area contributed by atoms with Crippen LogP contribution in [0.4, 0.5) is 4.79 Å². The zero-order valence-corrected chi connectivity index (χ0v) is 13.0. The first-order valence-corrected chi connectivity index (χ1v) is 7.80.